The van der Waals surface area contributed by atoms with E-state index in [1.807, 2.05) is 0 Å². The molecule has 18 heavy (non-hydrogen) atoms. The molecule has 2 unspecified atom stereocenters. The summed E-state index contributed by atoms with van der Waals surface area (Å²) in [4.78, 5) is 19.7. The van der Waals surface area contributed by atoms with Gasteiger partial charge in [-0.3, -0.25) is 20.2 Å². The fraction of sp³-hybridized carbons (Fsp3) is 0.455. The molecule has 7 heteroatoms. The Labute approximate surface area is 103 Å². The fourth-order valence-electron chi connectivity index (χ4n) is 1.80. The number of nitrogens with zero attached hydrogens (tertiary/aromatic N) is 2. The van der Waals surface area contributed by atoms with Crippen LogP contribution in [0.25, 0.3) is 0 Å². The second-order valence-corrected chi connectivity index (χ2v) is 4.03. The Morgan fingerprint density at radius 2 is 1.61 bits per heavy atom. The highest BCUT2D eigenvalue weighted by molar-refractivity contribution is 5.19. The zero-order chi connectivity index (χ0) is 13.5. The van der Waals surface area contributed by atoms with E-state index in [0.29, 0.717) is 5.56 Å². The normalized spacial score (nSPS) is 13.8. The van der Waals surface area contributed by atoms with Crippen molar-refractivity contribution in [3.63, 3.8) is 0 Å². The average molecular weight is 254 g/mol. The molecule has 0 aromatic heterocycles. The summed E-state index contributed by atoms with van der Waals surface area (Å²) in [6.45, 7) is -0.945. The summed E-state index contributed by atoms with van der Waals surface area (Å²) in [5.74, 6) is -0.517. The largest absolute Gasteiger partial charge is 0.386 e. The Bertz CT molecular complexity index is 409. The van der Waals surface area contributed by atoms with Crippen LogP contribution < -0.4 is 0 Å². The van der Waals surface area contributed by atoms with Crippen molar-refractivity contribution in [2.24, 2.45) is 0 Å². The summed E-state index contributed by atoms with van der Waals surface area (Å²) < 4.78 is 0. The molecule has 0 aliphatic rings. The van der Waals surface area contributed by atoms with Crippen molar-refractivity contribution in [2.75, 3.05) is 13.1 Å². The number of aliphatic hydroxyl groups excluding tert-OH is 1. The van der Waals surface area contributed by atoms with E-state index in [1.54, 1.807) is 30.3 Å². The molecule has 7 nitrogen and oxygen atoms in total. The molecule has 98 valence electrons. The molecule has 0 fully saturated rings. The first-order valence-electron chi connectivity index (χ1n) is 5.45. The zero-order valence-electron chi connectivity index (χ0n) is 9.64. The van der Waals surface area contributed by atoms with Gasteiger partial charge < -0.3 is 5.11 Å². The predicted octanol–water partition coefficient (Wildman–Crippen LogP) is 1.07. The molecule has 0 amide bonds. The molecule has 0 bridgehead atoms. The fourth-order valence-corrected chi connectivity index (χ4v) is 1.80. The van der Waals surface area contributed by atoms with Crippen LogP contribution >= 0.6 is 0 Å². The molecule has 1 aromatic rings. The third-order valence-corrected chi connectivity index (χ3v) is 2.56. The zero-order valence-corrected chi connectivity index (χ0v) is 9.64. The van der Waals surface area contributed by atoms with E-state index < -0.39 is 28.4 Å². The molecule has 1 N–H and O–H groups in total. The van der Waals surface area contributed by atoms with Crippen LogP contribution in [0.1, 0.15) is 17.9 Å². The van der Waals surface area contributed by atoms with Gasteiger partial charge >= 0.3 is 0 Å². The van der Waals surface area contributed by atoms with E-state index in [4.69, 9.17) is 0 Å². The Morgan fingerprint density at radius 1 is 1.06 bits per heavy atom. The Kier molecular flexibility index (Phi) is 5.19. The molecule has 0 saturated carbocycles. The molecular formula is C11H14N2O5. The highest BCUT2D eigenvalue weighted by atomic mass is 16.6. The van der Waals surface area contributed by atoms with E-state index >= 15 is 0 Å². The maximum absolute atomic E-state index is 10.6. The summed E-state index contributed by atoms with van der Waals surface area (Å²) >= 11 is 0. The Hall–Kier alpha value is -2.02. The monoisotopic (exact) mass is 254 g/mol. The van der Waals surface area contributed by atoms with Crippen molar-refractivity contribution in [3.05, 3.63) is 56.1 Å². The van der Waals surface area contributed by atoms with Crippen LogP contribution in [0.2, 0.25) is 0 Å². The first-order valence-corrected chi connectivity index (χ1v) is 5.45. The van der Waals surface area contributed by atoms with Crippen LogP contribution in [0.4, 0.5) is 0 Å². The third-order valence-electron chi connectivity index (χ3n) is 2.56. The van der Waals surface area contributed by atoms with Crippen LogP contribution in [-0.2, 0) is 0 Å². The molecule has 1 rings (SSSR count). The van der Waals surface area contributed by atoms with Gasteiger partial charge in [0.15, 0.2) is 0 Å². The van der Waals surface area contributed by atoms with Gasteiger partial charge in [0, 0.05) is 9.85 Å². The molecular weight excluding hydrogens is 240 g/mol. The smallest absolute Gasteiger partial charge is 0.229 e. The van der Waals surface area contributed by atoms with Gasteiger partial charge in [-0.2, -0.15) is 0 Å². The Balaban J connectivity index is 2.73. The van der Waals surface area contributed by atoms with Crippen molar-refractivity contribution in [3.8, 4) is 0 Å². The number of benzene rings is 1. The SMILES string of the molecule is O=[N+]([O-])CC(O)CC(C[N+](=O)[O-])c1ccccc1. The summed E-state index contributed by atoms with van der Waals surface area (Å²) in [6.07, 6.45) is -1.17. The number of hydrogen-bond acceptors (Lipinski definition) is 5. The van der Waals surface area contributed by atoms with Gasteiger partial charge in [-0.1, -0.05) is 30.3 Å². The lowest BCUT2D eigenvalue weighted by Crippen LogP contribution is -2.25. The van der Waals surface area contributed by atoms with Gasteiger partial charge in [0.2, 0.25) is 13.1 Å². The van der Waals surface area contributed by atoms with Crippen LogP contribution in [-0.4, -0.2) is 34.1 Å². The second kappa shape index (κ2) is 6.65. The lowest BCUT2D eigenvalue weighted by atomic mass is 9.93. The van der Waals surface area contributed by atoms with Crippen LogP contribution in [0, 0.1) is 20.2 Å². The molecule has 2 atom stereocenters. The first-order chi connectivity index (χ1) is 8.49. The minimum Gasteiger partial charge on any atom is -0.386 e. The minimum absolute atomic E-state index is 0.00593. The highest BCUT2D eigenvalue weighted by Crippen LogP contribution is 2.21. The van der Waals surface area contributed by atoms with E-state index in [9.17, 15) is 25.3 Å². The van der Waals surface area contributed by atoms with Crippen molar-refractivity contribution in [1.82, 2.24) is 0 Å². The van der Waals surface area contributed by atoms with Gasteiger partial charge in [-0.15, -0.1) is 0 Å². The third kappa shape index (κ3) is 4.88. The Morgan fingerprint density at radius 3 is 2.11 bits per heavy atom. The van der Waals surface area contributed by atoms with Crippen LogP contribution in [0.15, 0.2) is 30.3 Å². The van der Waals surface area contributed by atoms with Gasteiger partial charge in [-0.05, 0) is 12.0 Å². The quantitative estimate of drug-likeness (QED) is 0.578. The molecule has 1 aromatic carbocycles. The maximum Gasteiger partial charge on any atom is 0.229 e. The number of aliphatic hydroxyl groups is 1. The molecule has 0 heterocycles. The van der Waals surface area contributed by atoms with E-state index in [0.717, 1.165) is 0 Å². The van der Waals surface area contributed by atoms with Gasteiger partial charge in [0.1, 0.15) is 6.10 Å². The van der Waals surface area contributed by atoms with E-state index in [1.165, 1.54) is 0 Å². The highest BCUT2D eigenvalue weighted by Gasteiger charge is 2.23. The topological polar surface area (TPSA) is 107 Å². The van der Waals surface area contributed by atoms with Crippen molar-refractivity contribution in [2.45, 2.75) is 18.4 Å². The molecule has 0 aliphatic heterocycles. The molecule has 0 spiro atoms. The lowest BCUT2D eigenvalue weighted by Gasteiger charge is -2.15. The van der Waals surface area contributed by atoms with Crippen molar-refractivity contribution in [1.29, 1.82) is 0 Å². The molecule has 0 aliphatic carbocycles. The van der Waals surface area contributed by atoms with Gasteiger partial charge in [0.05, 0.1) is 5.92 Å². The second-order valence-electron chi connectivity index (χ2n) is 4.03. The average Bonchev–Trinajstić information content (AvgIpc) is 2.27. The molecule has 0 radical (unpaired) electrons. The van der Waals surface area contributed by atoms with Crippen molar-refractivity contribution >= 4 is 0 Å². The van der Waals surface area contributed by atoms with Gasteiger partial charge in [0.25, 0.3) is 0 Å². The first kappa shape index (κ1) is 14.0. The number of nitro groups is 2. The summed E-state index contributed by atoms with van der Waals surface area (Å²) in [7, 11) is 0. The maximum atomic E-state index is 10.6. The van der Waals surface area contributed by atoms with Crippen LogP contribution in [0.5, 0.6) is 0 Å². The van der Waals surface area contributed by atoms with Gasteiger partial charge in [-0.25, -0.2) is 0 Å². The summed E-state index contributed by atoms with van der Waals surface area (Å²) in [5.41, 5.74) is 0.705. The predicted molar refractivity (Wildman–Crippen MR) is 63.5 cm³/mol. The summed E-state index contributed by atoms with van der Waals surface area (Å²) in [5, 5.41) is 30.3. The van der Waals surface area contributed by atoms with E-state index in [-0.39, 0.29) is 13.0 Å². The standard InChI is InChI=1S/C11H14N2O5/c14-11(8-13(17)18)6-10(7-12(15)16)9-4-2-1-3-5-9/h1-5,10-11,14H,6-8H2. The lowest BCUT2D eigenvalue weighted by molar-refractivity contribution is -0.494. The number of rotatable bonds is 7. The number of hydrogen-bond donors (Lipinski definition) is 1. The summed E-state index contributed by atoms with van der Waals surface area (Å²) in [6, 6.07) is 8.69. The minimum atomic E-state index is -1.18. The van der Waals surface area contributed by atoms with Crippen molar-refractivity contribution < 1.29 is 15.0 Å². The van der Waals surface area contributed by atoms with Crippen LogP contribution in [0.3, 0.4) is 0 Å². The van der Waals surface area contributed by atoms with E-state index in [2.05, 4.69) is 0 Å². The molecule has 0 saturated heterocycles.